The van der Waals surface area contributed by atoms with E-state index < -0.39 is 29.4 Å². The highest BCUT2D eigenvalue weighted by molar-refractivity contribution is 5.99. The van der Waals surface area contributed by atoms with Gasteiger partial charge in [0.2, 0.25) is 0 Å². The van der Waals surface area contributed by atoms with E-state index in [1.54, 1.807) is 0 Å². The summed E-state index contributed by atoms with van der Waals surface area (Å²) in [6.07, 6.45) is -4.34. The third kappa shape index (κ3) is 2.53. The maximum atomic E-state index is 13.0. The Morgan fingerprint density at radius 1 is 1.33 bits per heavy atom. The zero-order valence-electron chi connectivity index (χ0n) is 9.26. The molecule has 0 aromatic heterocycles. The van der Waals surface area contributed by atoms with Crippen molar-refractivity contribution in [1.29, 1.82) is 0 Å². The zero-order valence-corrected chi connectivity index (χ0v) is 9.26. The van der Waals surface area contributed by atoms with Crippen molar-refractivity contribution in [2.24, 2.45) is 0 Å². The number of benzene rings is 1. The molecular formula is C12H10F4O2. The molecule has 6 heteroatoms. The predicted octanol–water partition coefficient (Wildman–Crippen LogP) is 3.21. The molecule has 1 aliphatic heterocycles. The Bertz CT molecular complexity index is 462. The summed E-state index contributed by atoms with van der Waals surface area (Å²) >= 11 is 0. The maximum absolute atomic E-state index is 13.0. The third-order valence-electron chi connectivity index (χ3n) is 2.78. The van der Waals surface area contributed by atoms with Crippen molar-refractivity contribution in [2.75, 3.05) is 6.61 Å². The van der Waals surface area contributed by atoms with Crippen LogP contribution in [0.2, 0.25) is 0 Å². The number of halogens is 4. The summed E-state index contributed by atoms with van der Waals surface area (Å²) in [7, 11) is 0. The minimum atomic E-state index is -4.81. The van der Waals surface area contributed by atoms with Gasteiger partial charge in [0.15, 0.2) is 5.78 Å². The molecule has 1 aromatic carbocycles. The van der Waals surface area contributed by atoms with Gasteiger partial charge in [-0.05, 0) is 31.0 Å². The Balaban J connectivity index is 2.32. The quantitative estimate of drug-likeness (QED) is 0.604. The monoisotopic (exact) mass is 262 g/mol. The van der Waals surface area contributed by atoms with Crippen molar-refractivity contribution in [1.82, 2.24) is 0 Å². The lowest BCUT2D eigenvalue weighted by molar-refractivity contribution is -0.140. The SMILES string of the molecule is O=C(c1ccc(F)c(C(F)(F)F)c1)C1CCCO1. The summed E-state index contributed by atoms with van der Waals surface area (Å²) in [6.45, 7) is 0.420. The van der Waals surface area contributed by atoms with E-state index in [-0.39, 0.29) is 5.56 Å². The van der Waals surface area contributed by atoms with Crippen molar-refractivity contribution in [3.63, 3.8) is 0 Å². The molecule has 2 nitrogen and oxygen atoms in total. The van der Waals surface area contributed by atoms with Crippen LogP contribution in [0.1, 0.15) is 28.8 Å². The molecule has 18 heavy (non-hydrogen) atoms. The van der Waals surface area contributed by atoms with Gasteiger partial charge in [0.1, 0.15) is 11.9 Å². The zero-order chi connectivity index (χ0) is 13.3. The molecule has 98 valence electrons. The number of ether oxygens (including phenoxy) is 1. The van der Waals surface area contributed by atoms with Gasteiger partial charge in [-0.3, -0.25) is 4.79 Å². The second kappa shape index (κ2) is 4.68. The highest BCUT2D eigenvalue weighted by Crippen LogP contribution is 2.32. The largest absolute Gasteiger partial charge is 0.419 e. The van der Waals surface area contributed by atoms with Crippen molar-refractivity contribution in [3.8, 4) is 0 Å². The van der Waals surface area contributed by atoms with Crippen molar-refractivity contribution >= 4 is 5.78 Å². The van der Waals surface area contributed by atoms with Crippen molar-refractivity contribution in [2.45, 2.75) is 25.1 Å². The average Bonchev–Trinajstić information content (AvgIpc) is 2.80. The number of alkyl halides is 3. The van der Waals surface area contributed by atoms with Crippen molar-refractivity contribution < 1.29 is 27.1 Å². The highest BCUT2D eigenvalue weighted by atomic mass is 19.4. The fraction of sp³-hybridized carbons (Fsp3) is 0.417. The first kappa shape index (κ1) is 13.0. The molecular weight excluding hydrogens is 252 g/mol. The van der Waals surface area contributed by atoms with Crippen LogP contribution in [-0.4, -0.2) is 18.5 Å². The van der Waals surface area contributed by atoms with Gasteiger partial charge in [0.25, 0.3) is 0 Å². The van der Waals surface area contributed by atoms with Crippen LogP contribution < -0.4 is 0 Å². The first-order valence-corrected chi connectivity index (χ1v) is 5.42. The van der Waals surface area contributed by atoms with E-state index >= 15 is 0 Å². The van der Waals surface area contributed by atoms with Crippen LogP contribution in [0.3, 0.4) is 0 Å². The fourth-order valence-corrected chi connectivity index (χ4v) is 1.87. The number of carbonyl (C=O) groups excluding carboxylic acids is 1. The molecule has 0 amide bonds. The topological polar surface area (TPSA) is 26.3 Å². The molecule has 0 saturated carbocycles. The average molecular weight is 262 g/mol. The number of hydrogen-bond acceptors (Lipinski definition) is 2. The Hall–Kier alpha value is -1.43. The molecule has 0 aliphatic carbocycles. The molecule has 0 bridgehead atoms. The van der Waals surface area contributed by atoms with Gasteiger partial charge in [-0.15, -0.1) is 0 Å². The second-order valence-electron chi connectivity index (χ2n) is 4.06. The van der Waals surface area contributed by atoms with Gasteiger partial charge in [-0.25, -0.2) is 4.39 Å². The van der Waals surface area contributed by atoms with Crippen LogP contribution in [0.25, 0.3) is 0 Å². The van der Waals surface area contributed by atoms with Crippen LogP contribution in [-0.2, 0) is 10.9 Å². The lowest BCUT2D eigenvalue weighted by atomic mass is 10.0. The molecule has 1 heterocycles. The Labute approximate surface area is 101 Å². The number of hydrogen-bond donors (Lipinski definition) is 0. The van der Waals surface area contributed by atoms with E-state index in [0.29, 0.717) is 31.6 Å². The normalized spacial score (nSPS) is 20.1. The van der Waals surface area contributed by atoms with Gasteiger partial charge in [-0.1, -0.05) is 0 Å². The van der Waals surface area contributed by atoms with Crippen LogP contribution in [0.4, 0.5) is 17.6 Å². The number of Topliss-reactive ketones (excluding diaryl/α,β-unsaturated/α-hetero) is 1. The Kier molecular flexibility index (Phi) is 3.38. The molecule has 1 aliphatic rings. The molecule has 0 N–H and O–H groups in total. The van der Waals surface area contributed by atoms with Gasteiger partial charge in [-0.2, -0.15) is 13.2 Å². The minimum Gasteiger partial charge on any atom is -0.370 e. The lowest BCUT2D eigenvalue weighted by Crippen LogP contribution is -2.20. The Morgan fingerprint density at radius 3 is 2.61 bits per heavy atom. The van der Waals surface area contributed by atoms with Crippen LogP contribution in [0.5, 0.6) is 0 Å². The van der Waals surface area contributed by atoms with Crippen LogP contribution in [0.15, 0.2) is 18.2 Å². The van der Waals surface area contributed by atoms with Gasteiger partial charge < -0.3 is 4.74 Å². The minimum absolute atomic E-state index is 0.171. The van der Waals surface area contributed by atoms with E-state index in [2.05, 4.69) is 0 Å². The molecule has 1 atom stereocenters. The van der Waals surface area contributed by atoms with Gasteiger partial charge in [0.05, 0.1) is 5.56 Å². The summed E-state index contributed by atoms with van der Waals surface area (Å²) in [5, 5.41) is 0. The van der Waals surface area contributed by atoms with E-state index in [9.17, 15) is 22.4 Å². The molecule has 1 saturated heterocycles. The summed E-state index contributed by atoms with van der Waals surface area (Å²) in [5.74, 6) is -1.91. The second-order valence-corrected chi connectivity index (χ2v) is 4.06. The molecule has 0 radical (unpaired) electrons. The molecule has 1 aromatic rings. The fourth-order valence-electron chi connectivity index (χ4n) is 1.87. The van der Waals surface area contributed by atoms with Gasteiger partial charge in [0, 0.05) is 12.2 Å². The lowest BCUT2D eigenvalue weighted by Gasteiger charge is -2.12. The Morgan fingerprint density at radius 2 is 2.06 bits per heavy atom. The molecule has 1 fully saturated rings. The summed E-state index contributed by atoms with van der Waals surface area (Å²) in [5.41, 5.74) is -1.60. The van der Waals surface area contributed by atoms with Gasteiger partial charge >= 0.3 is 6.18 Å². The van der Waals surface area contributed by atoms with Crippen molar-refractivity contribution in [3.05, 3.63) is 35.1 Å². The smallest absolute Gasteiger partial charge is 0.370 e. The number of rotatable bonds is 2. The van der Waals surface area contributed by atoms with E-state index in [1.807, 2.05) is 0 Å². The van der Waals surface area contributed by atoms with Crippen LogP contribution >= 0.6 is 0 Å². The summed E-state index contributed by atoms with van der Waals surface area (Å²) in [6, 6.07) is 2.25. The summed E-state index contributed by atoms with van der Waals surface area (Å²) in [4.78, 5) is 11.8. The third-order valence-corrected chi connectivity index (χ3v) is 2.78. The molecule has 0 spiro atoms. The van der Waals surface area contributed by atoms with E-state index in [4.69, 9.17) is 4.74 Å². The predicted molar refractivity (Wildman–Crippen MR) is 54.7 cm³/mol. The summed E-state index contributed by atoms with van der Waals surface area (Å²) < 4.78 is 55.6. The van der Waals surface area contributed by atoms with E-state index in [0.717, 1.165) is 6.07 Å². The first-order chi connectivity index (χ1) is 8.39. The number of ketones is 1. The molecule has 1 unspecified atom stereocenters. The molecule has 2 rings (SSSR count). The highest BCUT2D eigenvalue weighted by Gasteiger charge is 2.35. The van der Waals surface area contributed by atoms with E-state index in [1.165, 1.54) is 0 Å². The first-order valence-electron chi connectivity index (χ1n) is 5.42. The standard InChI is InChI=1S/C12H10F4O2/c13-9-4-3-7(6-8(9)12(14,15)16)11(17)10-2-1-5-18-10/h3-4,6,10H,1-2,5H2. The number of carbonyl (C=O) groups is 1. The maximum Gasteiger partial charge on any atom is 0.419 e. The van der Waals surface area contributed by atoms with Crippen LogP contribution in [0, 0.1) is 5.82 Å².